The fourth-order valence-electron chi connectivity index (χ4n) is 2.22. The first-order valence-corrected chi connectivity index (χ1v) is 4.80. The zero-order valence-corrected chi connectivity index (χ0v) is 7.05. The highest BCUT2D eigenvalue weighted by Crippen LogP contribution is 2.32. The smallest absolute Gasteiger partial charge is 0.0289 e. The lowest BCUT2D eigenvalue weighted by Crippen LogP contribution is -2.08. The van der Waals surface area contributed by atoms with Crippen molar-refractivity contribution in [1.82, 2.24) is 0 Å². The lowest BCUT2D eigenvalue weighted by atomic mass is 9.82. The number of allylic oxidation sites excluding steroid dienone is 4. The summed E-state index contributed by atoms with van der Waals surface area (Å²) < 4.78 is 0. The van der Waals surface area contributed by atoms with Crippen LogP contribution in [0.25, 0.3) is 0 Å². The van der Waals surface area contributed by atoms with Gasteiger partial charge in [0.15, 0.2) is 0 Å². The van der Waals surface area contributed by atoms with Crippen LogP contribution < -0.4 is 0 Å². The maximum absolute atomic E-state index is 2.34. The van der Waals surface area contributed by atoms with E-state index in [4.69, 9.17) is 0 Å². The molecule has 0 heteroatoms. The summed E-state index contributed by atoms with van der Waals surface area (Å²) in [6.07, 6.45) is 15.3. The van der Waals surface area contributed by atoms with Crippen LogP contribution >= 0.6 is 0 Å². The van der Waals surface area contributed by atoms with E-state index in [2.05, 4.69) is 18.2 Å². The predicted molar refractivity (Wildman–Crippen MR) is 48.4 cm³/mol. The molecule has 1 atom stereocenters. The van der Waals surface area contributed by atoms with E-state index >= 15 is 0 Å². The van der Waals surface area contributed by atoms with Crippen LogP contribution in [-0.4, -0.2) is 0 Å². The minimum absolute atomic E-state index is 1.01. The minimum atomic E-state index is 1.01. The standard InChI is InChI=1S/C11H16/c1-2-5-10-7-4-8-11(9-10)6-3-1/h1-2,5,11H,3-4,6-9H2/b2-1-,10-5+. The van der Waals surface area contributed by atoms with Gasteiger partial charge in [-0.1, -0.05) is 23.8 Å². The summed E-state index contributed by atoms with van der Waals surface area (Å²) >= 11 is 0. The lowest BCUT2D eigenvalue weighted by Gasteiger charge is -2.24. The van der Waals surface area contributed by atoms with Crippen molar-refractivity contribution in [3.63, 3.8) is 0 Å². The molecular weight excluding hydrogens is 132 g/mol. The number of hydrogen-bond acceptors (Lipinski definition) is 0. The Morgan fingerprint density at radius 1 is 1.27 bits per heavy atom. The fraction of sp³-hybridized carbons (Fsp3) is 0.636. The van der Waals surface area contributed by atoms with Crippen molar-refractivity contribution in [2.45, 2.75) is 38.5 Å². The highest BCUT2D eigenvalue weighted by Gasteiger charge is 2.16. The summed E-state index contributed by atoms with van der Waals surface area (Å²) in [5.41, 5.74) is 1.69. The van der Waals surface area contributed by atoms with Gasteiger partial charge < -0.3 is 0 Å². The third kappa shape index (κ3) is 1.74. The molecule has 0 aromatic rings. The highest BCUT2D eigenvalue weighted by atomic mass is 14.2. The van der Waals surface area contributed by atoms with Gasteiger partial charge in [-0.3, -0.25) is 0 Å². The Morgan fingerprint density at radius 2 is 2.27 bits per heavy atom. The second kappa shape index (κ2) is 3.25. The number of hydrogen-bond donors (Lipinski definition) is 0. The summed E-state index contributed by atoms with van der Waals surface area (Å²) in [7, 11) is 0. The first kappa shape index (κ1) is 7.15. The van der Waals surface area contributed by atoms with Crippen molar-refractivity contribution in [2.75, 3.05) is 0 Å². The molecule has 0 saturated heterocycles. The van der Waals surface area contributed by atoms with Gasteiger partial charge in [0, 0.05) is 0 Å². The van der Waals surface area contributed by atoms with Gasteiger partial charge in [0.1, 0.15) is 0 Å². The minimum Gasteiger partial charge on any atom is -0.0845 e. The molecule has 2 aliphatic rings. The van der Waals surface area contributed by atoms with E-state index in [1.165, 1.54) is 38.5 Å². The molecule has 0 N–H and O–H groups in total. The van der Waals surface area contributed by atoms with Crippen LogP contribution in [-0.2, 0) is 0 Å². The van der Waals surface area contributed by atoms with Gasteiger partial charge in [0.25, 0.3) is 0 Å². The van der Waals surface area contributed by atoms with E-state index in [9.17, 15) is 0 Å². The Labute approximate surface area is 69.0 Å². The first-order chi connectivity index (χ1) is 5.45. The van der Waals surface area contributed by atoms with Gasteiger partial charge in [-0.15, -0.1) is 0 Å². The molecule has 2 bridgehead atoms. The summed E-state index contributed by atoms with van der Waals surface area (Å²) in [5.74, 6) is 1.01. The van der Waals surface area contributed by atoms with Gasteiger partial charge in [-0.2, -0.15) is 0 Å². The van der Waals surface area contributed by atoms with Crippen LogP contribution in [0.1, 0.15) is 38.5 Å². The van der Waals surface area contributed by atoms with Crippen LogP contribution in [0.4, 0.5) is 0 Å². The average molecular weight is 148 g/mol. The third-order valence-electron chi connectivity index (χ3n) is 2.87. The molecule has 2 aliphatic carbocycles. The van der Waals surface area contributed by atoms with E-state index in [0.717, 1.165) is 5.92 Å². The van der Waals surface area contributed by atoms with Crippen molar-refractivity contribution in [2.24, 2.45) is 5.92 Å². The van der Waals surface area contributed by atoms with Crippen LogP contribution in [0, 0.1) is 5.92 Å². The zero-order chi connectivity index (χ0) is 7.52. The van der Waals surface area contributed by atoms with E-state index in [1.54, 1.807) is 5.57 Å². The summed E-state index contributed by atoms with van der Waals surface area (Å²) in [5, 5.41) is 0. The van der Waals surface area contributed by atoms with E-state index < -0.39 is 0 Å². The maximum Gasteiger partial charge on any atom is -0.0289 e. The third-order valence-corrected chi connectivity index (χ3v) is 2.87. The Morgan fingerprint density at radius 3 is 3.27 bits per heavy atom. The molecule has 60 valence electrons. The Balaban J connectivity index is 2.12. The predicted octanol–water partition coefficient (Wildman–Crippen LogP) is 3.45. The van der Waals surface area contributed by atoms with E-state index in [1.807, 2.05) is 0 Å². The van der Waals surface area contributed by atoms with Gasteiger partial charge in [0.05, 0.1) is 0 Å². The molecule has 0 amide bonds. The molecule has 1 unspecified atom stereocenters. The second-order valence-electron chi connectivity index (χ2n) is 3.79. The zero-order valence-electron chi connectivity index (χ0n) is 7.05. The number of fused-ring (bicyclic) bond motifs is 2. The topological polar surface area (TPSA) is 0 Å². The monoisotopic (exact) mass is 148 g/mol. The van der Waals surface area contributed by atoms with Gasteiger partial charge >= 0.3 is 0 Å². The highest BCUT2D eigenvalue weighted by molar-refractivity contribution is 5.16. The van der Waals surface area contributed by atoms with Gasteiger partial charge in [-0.25, -0.2) is 0 Å². The van der Waals surface area contributed by atoms with Gasteiger partial charge in [-0.05, 0) is 44.4 Å². The van der Waals surface area contributed by atoms with Crippen LogP contribution in [0.2, 0.25) is 0 Å². The summed E-state index contributed by atoms with van der Waals surface area (Å²) in [6, 6.07) is 0. The van der Waals surface area contributed by atoms with Crippen molar-refractivity contribution >= 4 is 0 Å². The first-order valence-electron chi connectivity index (χ1n) is 4.80. The van der Waals surface area contributed by atoms with Crippen molar-refractivity contribution < 1.29 is 0 Å². The maximum atomic E-state index is 2.34. The second-order valence-corrected chi connectivity index (χ2v) is 3.79. The Bertz CT molecular complexity index is 186. The molecule has 1 fully saturated rings. The molecule has 11 heavy (non-hydrogen) atoms. The molecule has 0 aliphatic heterocycles. The lowest BCUT2D eigenvalue weighted by molar-refractivity contribution is 0.394. The molecule has 0 nitrogen and oxygen atoms in total. The van der Waals surface area contributed by atoms with Crippen LogP contribution in [0.15, 0.2) is 23.8 Å². The molecule has 1 saturated carbocycles. The van der Waals surface area contributed by atoms with Gasteiger partial charge in [0.2, 0.25) is 0 Å². The SMILES string of the molecule is C1=C\CCC2CCC\C(=C/1)C2. The molecule has 2 rings (SSSR count). The average Bonchev–Trinajstić information content (AvgIpc) is 2.02. The summed E-state index contributed by atoms with van der Waals surface area (Å²) in [4.78, 5) is 0. The van der Waals surface area contributed by atoms with E-state index in [0.29, 0.717) is 0 Å². The Kier molecular flexibility index (Phi) is 2.11. The van der Waals surface area contributed by atoms with Crippen molar-refractivity contribution in [3.05, 3.63) is 23.8 Å². The molecule has 0 radical (unpaired) electrons. The molecule has 0 aromatic heterocycles. The van der Waals surface area contributed by atoms with E-state index in [-0.39, 0.29) is 0 Å². The molecule has 0 heterocycles. The Hall–Kier alpha value is -0.520. The van der Waals surface area contributed by atoms with Crippen LogP contribution in [0.5, 0.6) is 0 Å². The molecular formula is C11H16. The van der Waals surface area contributed by atoms with Crippen molar-refractivity contribution in [1.29, 1.82) is 0 Å². The fourth-order valence-corrected chi connectivity index (χ4v) is 2.22. The largest absolute Gasteiger partial charge is 0.0845 e. The normalized spacial score (nSPS) is 38.2. The molecule has 0 spiro atoms. The summed E-state index contributed by atoms with van der Waals surface area (Å²) in [6.45, 7) is 0. The number of rotatable bonds is 0. The van der Waals surface area contributed by atoms with Crippen LogP contribution in [0.3, 0.4) is 0 Å². The van der Waals surface area contributed by atoms with Crippen molar-refractivity contribution in [3.8, 4) is 0 Å². The molecule has 0 aromatic carbocycles. The quantitative estimate of drug-likeness (QED) is 0.493.